The normalized spacial score (nSPS) is 11.0. The number of rotatable bonds is 6. The Hall–Kier alpha value is -2.17. The number of amides is 1. The van der Waals surface area contributed by atoms with Gasteiger partial charge in [-0.25, -0.2) is 8.42 Å². The first-order chi connectivity index (χ1) is 12.3. The molecule has 0 heterocycles. The molecular weight excluding hydrogens is 416 g/mol. The van der Waals surface area contributed by atoms with Crippen LogP contribution in [0.1, 0.15) is 28.8 Å². The number of hydrogen-bond donors (Lipinski definition) is 0. The second-order valence-corrected chi connectivity index (χ2v) is 8.87. The van der Waals surface area contributed by atoms with Crippen molar-refractivity contribution >= 4 is 37.4 Å². The van der Waals surface area contributed by atoms with Crippen LogP contribution < -0.4 is 4.90 Å². The van der Waals surface area contributed by atoms with Gasteiger partial charge >= 0.3 is 0 Å². The average molecular weight is 435 g/mol. The van der Waals surface area contributed by atoms with E-state index in [0.717, 1.165) is 15.7 Å². The van der Waals surface area contributed by atoms with E-state index in [4.69, 9.17) is 5.26 Å². The monoisotopic (exact) mass is 434 g/mol. The molecule has 2 aromatic rings. The summed E-state index contributed by atoms with van der Waals surface area (Å²) < 4.78 is 25.4. The van der Waals surface area contributed by atoms with Gasteiger partial charge in [0.1, 0.15) is 0 Å². The fourth-order valence-electron chi connectivity index (χ4n) is 2.41. The second-order valence-electron chi connectivity index (χ2n) is 5.90. The molecule has 0 radical (unpaired) electrons. The largest absolute Gasteiger partial charge is 0.311 e. The van der Waals surface area contributed by atoms with Crippen LogP contribution in [0.15, 0.2) is 51.8 Å². The summed E-state index contributed by atoms with van der Waals surface area (Å²) in [6.07, 6.45) is 0.498. The van der Waals surface area contributed by atoms with Crippen LogP contribution in [0.2, 0.25) is 0 Å². The van der Waals surface area contributed by atoms with E-state index in [0.29, 0.717) is 12.0 Å². The second kappa shape index (κ2) is 8.47. The van der Waals surface area contributed by atoms with Gasteiger partial charge in [0.2, 0.25) is 0 Å². The van der Waals surface area contributed by atoms with Crippen LogP contribution in [0, 0.1) is 18.3 Å². The number of benzene rings is 2. The molecule has 0 spiro atoms. The SMILES string of the molecule is Cc1cc(N(C)C(=O)c2ccc(S(=O)(=O)CCCC#N)cc2)ccc1Br. The van der Waals surface area contributed by atoms with Gasteiger partial charge in [0.15, 0.2) is 9.84 Å². The lowest BCUT2D eigenvalue weighted by Gasteiger charge is -2.18. The van der Waals surface area contributed by atoms with Gasteiger partial charge in [0, 0.05) is 29.2 Å². The predicted octanol–water partition coefficient (Wildman–Crippen LogP) is 4.11. The number of unbranched alkanes of at least 4 members (excludes halogenated alkanes) is 1. The summed E-state index contributed by atoms with van der Waals surface area (Å²) in [7, 11) is -1.76. The molecule has 5 nitrogen and oxygen atoms in total. The summed E-state index contributed by atoms with van der Waals surface area (Å²) in [5.41, 5.74) is 2.17. The third-order valence-corrected chi connectivity index (χ3v) is 6.70. The van der Waals surface area contributed by atoms with Crippen molar-refractivity contribution in [2.24, 2.45) is 0 Å². The van der Waals surface area contributed by atoms with Gasteiger partial charge in [-0.05, 0) is 61.4 Å². The minimum absolute atomic E-state index is 0.0775. The van der Waals surface area contributed by atoms with Crippen LogP contribution in [-0.2, 0) is 9.84 Å². The van der Waals surface area contributed by atoms with Gasteiger partial charge in [-0.15, -0.1) is 0 Å². The van der Waals surface area contributed by atoms with Gasteiger partial charge in [0.25, 0.3) is 5.91 Å². The number of aryl methyl sites for hydroxylation is 1. The highest BCUT2D eigenvalue weighted by molar-refractivity contribution is 9.10. The number of halogens is 1. The number of hydrogen-bond acceptors (Lipinski definition) is 4. The molecule has 26 heavy (non-hydrogen) atoms. The smallest absolute Gasteiger partial charge is 0.258 e. The Morgan fingerprint density at radius 2 is 1.85 bits per heavy atom. The lowest BCUT2D eigenvalue weighted by atomic mass is 10.1. The number of anilines is 1. The predicted molar refractivity (Wildman–Crippen MR) is 105 cm³/mol. The Kier molecular flexibility index (Phi) is 6.57. The van der Waals surface area contributed by atoms with Crippen molar-refractivity contribution in [1.82, 2.24) is 0 Å². The minimum Gasteiger partial charge on any atom is -0.311 e. The number of sulfone groups is 1. The third-order valence-electron chi connectivity index (χ3n) is 4.00. The molecule has 0 aliphatic carbocycles. The van der Waals surface area contributed by atoms with Gasteiger partial charge in [-0.1, -0.05) is 15.9 Å². The molecule has 0 fully saturated rings. The van der Waals surface area contributed by atoms with Crippen LogP contribution >= 0.6 is 15.9 Å². The molecular formula is C19H19BrN2O3S. The summed E-state index contributed by atoms with van der Waals surface area (Å²) in [6, 6.07) is 13.5. The zero-order valence-electron chi connectivity index (χ0n) is 14.6. The molecule has 2 rings (SSSR count). The molecule has 0 N–H and O–H groups in total. The van der Waals surface area contributed by atoms with E-state index in [-0.39, 0.29) is 23.0 Å². The zero-order chi connectivity index (χ0) is 19.3. The van der Waals surface area contributed by atoms with E-state index in [2.05, 4.69) is 15.9 Å². The fraction of sp³-hybridized carbons (Fsp3) is 0.263. The standard InChI is InChI=1S/C19H19BrN2O3S/c1-14-13-16(7-10-18(14)20)22(2)19(23)15-5-8-17(9-6-15)26(24,25)12-4-3-11-21/h5-10,13H,3-4,12H2,1-2H3. The lowest BCUT2D eigenvalue weighted by molar-refractivity contribution is 0.0993. The Bertz CT molecular complexity index is 948. The van der Waals surface area contributed by atoms with Crippen LogP contribution in [0.5, 0.6) is 0 Å². The first kappa shape index (κ1) is 20.1. The van der Waals surface area contributed by atoms with Gasteiger partial charge in [0.05, 0.1) is 16.7 Å². The molecule has 0 bridgehead atoms. The average Bonchev–Trinajstić information content (AvgIpc) is 2.63. The van der Waals surface area contributed by atoms with Crippen molar-refractivity contribution in [3.8, 4) is 6.07 Å². The Morgan fingerprint density at radius 1 is 1.19 bits per heavy atom. The summed E-state index contributed by atoms with van der Waals surface area (Å²) in [5.74, 6) is -0.300. The van der Waals surface area contributed by atoms with Crippen LogP contribution in [0.3, 0.4) is 0 Å². The summed E-state index contributed by atoms with van der Waals surface area (Å²) in [5, 5.41) is 8.52. The van der Waals surface area contributed by atoms with Gasteiger partial charge < -0.3 is 4.90 Å². The van der Waals surface area contributed by atoms with Crippen molar-refractivity contribution in [3.63, 3.8) is 0 Å². The van der Waals surface area contributed by atoms with E-state index in [9.17, 15) is 13.2 Å². The van der Waals surface area contributed by atoms with E-state index in [1.165, 1.54) is 29.2 Å². The van der Waals surface area contributed by atoms with Crippen LogP contribution in [0.4, 0.5) is 5.69 Å². The summed E-state index contributed by atoms with van der Waals surface area (Å²) in [4.78, 5) is 14.3. The molecule has 0 aliphatic heterocycles. The Morgan fingerprint density at radius 3 is 2.42 bits per heavy atom. The van der Waals surface area contributed by atoms with Gasteiger partial charge in [-0.3, -0.25) is 4.79 Å². The van der Waals surface area contributed by atoms with Gasteiger partial charge in [-0.2, -0.15) is 5.26 Å². The quantitative estimate of drug-likeness (QED) is 0.640. The first-order valence-corrected chi connectivity index (χ1v) is 10.4. The molecule has 0 saturated carbocycles. The van der Waals surface area contributed by atoms with Crippen molar-refractivity contribution < 1.29 is 13.2 Å². The number of nitrogens with zero attached hydrogens (tertiary/aromatic N) is 2. The van der Waals surface area contributed by atoms with Crippen LogP contribution in [0.25, 0.3) is 0 Å². The molecule has 1 amide bonds. The molecule has 136 valence electrons. The highest BCUT2D eigenvalue weighted by atomic mass is 79.9. The van der Waals surface area contributed by atoms with E-state index in [1.807, 2.05) is 31.2 Å². The summed E-state index contributed by atoms with van der Waals surface area (Å²) in [6.45, 7) is 1.94. The maximum atomic E-state index is 12.6. The highest BCUT2D eigenvalue weighted by Gasteiger charge is 2.17. The fourth-order valence-corrected chi connectivity index (χ4v) is 3.97. The lowest BCUT2D eigenvalue weighted by Crippen LogP contribution is -2.26. The summed E-state index contributed by atoms with van der Waals surface area (Å²) >= 11 is 3.43. The Labute approximate surface area is 162 Å². The molecule has 0 saturated heterocycles. The highest BCUT2D eigenvalue weighted by Crippen LogP contribution is 2.23. The molecule has 0 aromatic heterocycles. The van der Waals surface area contributed by atoms with E-state index >= 15 is 0 Å². The Balaban J connectivity index is 2.18. The number of carbonyl (C=O) groups is 1. The van der Waals surface area contributed by atoms with Crippen molar-refractivity contribution in [2.45, 2.75) is 24.7 Å². The number of carbonyl (C=O) groups excluding carboxylic acids is 1. The van der Waals surface area contributed by atoms with E-state index in [1.54, 1.807) is 7.05 Å². The zero-order valence-corrected chi connectivity index (χ0v) is 17.0. The van der Waals surface area contributed by atoms with Crippen LogP contribution in [-0.4, -0.2) is 27.1 Å². The molecule has 0 unspecified atom stereocenters. The first-order valence-electron chi connectivity index (χ1n) is 8.00. The maximum Gasteiger partial charge on any atom is 0.258 e. The molecule has 2 aromatic carbocycles. The van der Waals surface area contributed by atoms with Crippen molar-refractivity contribution in [3.05, 3.63) is 58.1 Å². The molecule has 0 aliphatic rings. The maximum absolute atomic E-state index is 12.6. The number of nitriles is 1. The molecule has 7 heteroatoms. The molecule has 0 atom stereocenters. The van der Waals surface area contributed by atoms with E-state index < -0.39 is 9.84 Å². The minimum atomic E-state index is -3.44. The third kappa shape index (κ3) is 4.71. The van der Waals surface area contributed by atoms with Crippen molar-refractivity contribution in [2.75, 3.05) is 17.7 Å². The topological polar surface area (TPSA) is 78.2 Å². The van der Waals surface area contributed by atoms with Crippen molar-refractivity contribution in [1.29, 1.82) is 5.26 Å².